The molecule has 1 aliphatic carbocycles. The zero-order chi connectivity index (χ0) is 6.69. The maximum atomic E-state index is 9.06. The molecule has 0 unspecified atom stereocenters. The molecule has 0 radical (unpaired) electrons. The van der Waals surface area contributed by atoms with E-state index in [1.165, 1.54) is 0 Å². The quantitative estimate of drug-likeness (QED) is 0.336. The third kappa shape index (κ3) is 1.34. The summed E-state index contributed by atoms with van der Waals surface area (Å²) < 4.78 is 0. The molecule has 4 heteroatoms. The minimum atomic E-state index is -0.388. The number of rotatable bonds is 1. The first-order valence-electron chi connectivity index (χ1n) is 3.07. The molecule has 0 aliphatic heterocycles. The van der Waals surface area contributed by atoms with Gasteiger partial charge in [-0.05, 0) is 18.4 Å². The number of aliphatic hydroxyl groups excluding tert-OH is 1. The van der Waals surface area contributed by atoms with Crippen LogP contribution in [0.15, 0.2) is 5.11 Å². The molecular weight excluding hydrogens is 118 g/mol. The Bertz CT molecular complexity index is 154. The van der Waals surface area contributed by atoms with Gasteiger partial charge in [0, 0.05) is 12.0 Å². The lowest BCUT2D eigenvalue weighted by atomic mass is 10.2. The van der Waals surface area contributed by atoms with E-state index in [-0.39, 0.29) is 19.3 Å². The Kier molecular flexibility index (Phi) is 1.92. The summed E-state index contributed by atoms with van der Waals surface area (Å²) in [4.78, 5) is 2.63. The summed E-state index contributed by atoms with van der Waals surface area (Å²) in [5.74, 6) is 0. The monoisotopic (exact) mass is 137 g/mol. The van der Waals surface area contributed by atoms with Gasteiger partial charge < -0.3 is 5.11 Å². The van der Waals surface area contributed by atoms with Crippen LogP contribution in [0.1, 0.15) is 26.4 Å². The molecule has 0 aromatic carbocycles. The fourth-order valence-electron chi connectivity index (χ4n) is 1.12. The lowest BCUT2D eigenvalue weighted by molar-refractivity contribution is 0.165. The van der Waals surface area contributed by atoms with Gasteiger partial charge in [0.2, 0.25) is 0 Å². The van der Waals surface area contributed by atoms with Crippen molar-refractivity contribution in [3.8, 4) is 0 Å². The van der Waals surface area contributed by atoms with Crippen LogP contribution >= 0.6 is 0 Å². The Hall–Kier alpha value is -0.730. The normalized spacial score (nSPS) is 33.9. The Balaban J connectivity index is -0.0000000540. The van der Waals surface area contributed by atoms with Crippen LogP contribution in [0.5, 0.6) is 0 Å². The second-order valence-electron chi connectivity index (χ2n) is 2.27. The molecule has 0 bridgehead atoms. The van der Waals surface area contributed by atoms with Gasteiger partial charge in [-0.3, -0.25) is 0 Å². The van der Waals surface area contributed by atoms with Crippen LogP contribution in [0, 0.1) is 0 Å². The number of hydrogen-bond donors (Lipinski definition) is 1. The molecule has 1 N–H and O–H groups in total. The molecule has 1 fully saturated rings. The number of nitrogens with zero attached hydrogens (tertiary/aromatic N) is 3. The number of azide groups is 1. The molecule has 1 rings (SSSR count). The van der Waals surface area contributed by atoms with Crippen molar-refractivity contribution in [2.75, 3.05) is 0 Å². The van der Waals surface area contributed by atoms with Gasteiger partial charge in [-0.2, -0.15) is 0 Å². The van der Waals surface area contributed by atoms with Crippen LogP contribution < -0.4 is 0 Å². The number of aliphatic hydroxyl groups is 1. The first kappa shape index (κ1) is 6.39. The first-order chi connectivity index (χ1) is 4.34. The van der Waals surface area contributed by atoms with E-state index < -0.39 is 0 Å². The van der Waals surface area contributed by atoms with Crippen molar-refractivity contribution in [1.82, 2.24) is 0 Å². The predicted molar refractivity (Wildman–Crippen MR) is 43.4 cm³/mol. The van der Waals surface area contributed by atoms with E-state index >= 15 is 0 Å². The molecule has 0 aromatic rings. The first-order valence-corrected chi connectivity index (χ1v) is 3.07. The maximum absolute atomic E-state index is 9.06. The zero-order valence-electron chi connectivity index (χ0n) is 5.06. The molecule has 4 nitrogen and oxygen atoms in total. The van der Waals surface area contributed by atoms with Gasteiger partial charge >= 0.3 is 0 Å². The maximum Gasteiger partial charge on any atom is 0.0633 e. The average Bonchev–Trinajstić information content (AvgIpc) is 2.18. The van der Waals surface area contributed by atoms with Gasteiger partial charge in [0.05, 0.1) is 12.1 Å². The predicted octanol–water partition coefficient (Wildman–Crippen LogP) is 2.44. The van der Waals surface area contributed by atoms with Crippen LogP contribution in [0.2, 0.25) is 0 Å². The van der Waals surface area contributed by atoms with Gasteiger partial charge in [-0.15, -0.1) is 0 Å². The summed E-state index contributed by atoms with van der Waals surface area (Å²) in [6, 6.07) is -0.157. The minimum Gasteiger partial charge on any atom is -0.393 e. The molecule has 0 amide bonds. The third-order valence-electron chi connectivity index (χ3n) is 1.64. The summed E-state index contributed by atoms with van der Waals surface area (Å²) in [7, 11) is 0. The average molecular weight is 137 g/mol. The van der Waals surface area contributed by atoms with Crippen molar-refractivity contribution in [3.05, 3.63) is 10.4 Å². The van der Waals surface area contributed by atoms with Crippen molar-refractivity contribution < 1.29 is 12.2 Å². The molecular formula is C5H19N3O. The highest BCUT2D eigenvalue weighted by atomic mass is 16.3. The van der Waals surface area contributed by atoms with E-state index in [1.54, 1.807) is 0 Å². The summed E-state index contributed by atoms with van der Waals surface area (Å²) in [5, 5.41) is 12.5. The lowest BCUT2D eigenvalue weighted by Crippen LogP contribution is -2.15. The molecule has 0 heterocycles. The molecule has 9 heavy (non-hydrogen) atoms. The summed E-state index contributed by atoms with van der Waals surface area (Å²) in [5.41, 5.74) is 7.99. The summed E-state index contributed by atoms with van der Waals surface area (Å²) in [6.07, 6.45) is 2.21. The molecule has 2 atom stereocenters. The third-order valence-corrected chi connectivity index (χ3v) is 1.64. The Morgan fingerprint density at radius 2 is 2.44 bits per heavy atom. The molecule has 0 saturated heterocycles. The van der Waals surface area contributed by atoms with Crippen LogP contribution in [0.4, 0.5) is 0 Å². The molecule has 1 aliphatic rings. The zero-order valence-corrected chi connectivity index (χ0v) is 5.06. The fourth-order valence-corrected chi connectivity index (χ4v) is 1.12. The van der Waals surface area contributed by atoms with Crippen molar-refractivity contribution in [2.24, 2.45) is 5.11 Å². The van der Waals surface area contributed by atoms with E-state index in [1.807, 2.05) is 0 Å². The van der Waals surface area contributed by atoms with E-state index in [4.69, 9.17) is 10.6 Å². The lowest BCUT2D eigenvalue weighted by Gasteiger charge is -2.04. The summed E-state index contributed by atoms with van der Waals surface area (Å²) >= 11 is 0. The number of hydrogen-bond acceptors (Lipinski definition) is 2. The van der Waals surface area contributed by atoms with E-state index in [9.17, 15) is 0 Å². The van der Waals surface area contributed by atoms with E-state index in [0.717, 1.165) is 19.3 Å². The Morgan fingerprint density at radius 3 is 2.89 bits per heavy atom. The minimum absolute atomic E-state index is 0. The highest BCUT2D eigenvalue weighted by molar-refractivity contribution is 4.82. The van der Waals surface area contributed by atoms with Crippen molar-refractivity contribution in [3.63, 3.8) is 0 Å². The van der Waals surface area contributed by atoms with Gasteiger partial charge in [0.1, 0.15) is 0 Å². The molecule has 60 valence electrons. The van der Waals surface area contributed by atoms with Crippen molar-refractivity contribution in [1.29, 1.82) is 0 Å². The van der Waals surface area contributed by atoms with Gasteiger partial charge in [0.15, 0.2) is 0 Å². The van der Waals surface area contributed by atoms with E-state index in [0.29, 0.717) is 0 Å². The van der Waals surface area contributed by atoms with Crippen LogP contribution in [-0.4, -0.2) is 17.3 Å². The van der Waals surface area contributed by atoms with Gasteiger partial charge in [0.25, 0.3) is 0 Å². The Labute approximate surface area is 60.5 Å². The smallest absolute Gasteiger partial charge is 0.0633 e. The summed E-state index contributed by atoms with van der Waals surface area (Å²) in [6.45, 7) is 0. The Morgan fingerprint density at radius 1 is 1.67 bits per heavy atom. The molecule has 0 aromatic heterocycles. The second kappa shape index (κ2) is 2.71. The molecule has 0 spiro atoms. The van der Waals surface area contributed by atoms with E-state index in [2.05, 4.69) is 10.0 Å². The largest absolute Gasteiger partial charge is 0.393 e. The van der Waals surface area contributed by atoms with Crippen molar-refractivity contribution in [2.45, 2.75) is 31.4 Å². The van der Waals surface area contributed by atoms with Crippen LogP contribution in [0.25, 0.3) is 10.4 Å². The van der Waals surface area contributed by atoms with Crippen molar-refractivity contribution >= 4 is 0 Å². The second-order valence-corrected chi connectivity index (χ2v) is 2.27. The van der Waals surface area contributed by atoms with Gasteiger partial charge in [-0.1, -0.05) is 11.5 Å². The topological polar surface area (TPSA) is 69.0 Å². The fraction of sp³-hybridized carbons (Fsp3) is 1.00. The highest BCUT2D eigenvalue weighted by Crippen LogP contribution is 2.21. The van der Waals surface area contributed by atoms with Crippen LogP contribution in [0.3, 0.4) is 0 Å². The highest BCUT2D eigenvalue weighted by Gasteiger charge is 2.23. The SMILES string of the molecule is [HH].[HH].[HH].[HH].[HH].[N-]=[N+]=N[C@@H]1CCC[C@H]1O. The van der Waals surface area contributed by atoms with Crippen LogP contribution in [-0.2, 0) is 0 Å². The molecule has 1 saturated carbocycles. The standard InChI is InChI=1S/C5H9N3O.5H2/c6-8-7-4-2-1-3-5(4)9;;;;;/h4-5,9H,1-3H2;5*1H/t4-,5-;;;;;/m1...../s1. The van der Waals surface area contributed by atoms with Gasteiger partial charge in [-0.25, -0.2) is 0 Å².